The van der Waals surface area contributed by atoms with Gasteiger partial charge in [-0.3, -0.25) is 4.55 Å². The molecule has 0 fully saturated rings. The first-order valence-corrected chi connectivity index (χ1v) is 4.53. The van der Waals surface area contributed by atoms with Crippen molar-refractivity contribution < 1.29 is 8.76 Å². The molecule has 0 aliphatic heterocycles. The summed E-state index contributed by atoms with van der Waals surface area (Å²) in [6.07, 6.45) is 1.83. The Kier molecular flexibility index (Phi) is 4.85. The lowest BCUT2D eigenvalue weighted by Crippen LogP contribution is -2.31. The van der Waals surface area contributed by atoms with E-state index in [1.165, 1.54) is 4.31 Å². The minimum atomic E-state index is -1.81. The smallest absolute Gasteiger partial charge is 0.234 e. The lowest BCUT2D eigenvalue weighted by Gasteiger charge is -2.20. The summed E-state index contributed by atoms with van der Waals surface area (Å²) in [6.45, 7) is 4.02. The van der Waals surface area contributed by atoms with E-state index in [0.29, 0.717) is 0 Å². The Morgan fingerprint density at radius 3 is 2.00 bits per heavy atom. The Hall–Kier alpha value is 0.0700. The molecule has 0 rings (SSSR count). The maximum atomic E-state index is 10.5. The third-order valence-electron chi connectivity index (χ3n) is 1.70. The molecule has 1 unspecified atom stereocenters. The van der Waals surface area contributed by atoms with Gasteiger partial charge in [0.1, 0.15) is 0 Å². The summed E-state index contributed by atoms with van der Waals surface area (Å²) in [5, 5.41) is 0. The molecule has 1 atom stereocenters. The van der Waals surface area contributed by atoms with Crippen molar-refractivity contribution in [1.82, 2.24) is 4.31 Å². The molecule has 4 heteroatoms. The molecule has 0 bridgehead atoms. The highest BCUT2D eigenvalue weighted by molar-refractivity contribution is 7.76. The number of hydrogen-bond acceptors (Lipinski definition) is 1. The van der Waals surface area contributed by atoms with Crippen LogP contribution in [0.3, 0.4) is 0 Å². The van der Waals surface area contributed by atoms with Crippen LogP contribution in [0.15, 0.2) is 0 Å². The monoisotopic (exact) mass is 165 g/mol. The fourth-order valence-corrected chi connectivity index (χ4v) is 1.48. The minimum Gasteiger partial charge on any atom is -0.294 e. The molecular weight excluding hydrogens is 150 g/mol. The maximum Gasteiger partial charge on any atom is 0.234 e. The third kappa shape index (κ3) is 2.77. The second kappa shape index (κ2) is 4.82. The van der Waals surface area contributed by atoms with Crippen LogP contribution in [0.1, 0.15) is 26.7 Å². The van der Waals surface area contributed by atoms with E-state index in [2.05, 4.69) is 0 Å². The van der Waals surface area contributed by atoms with Crippen molar-refractivity contribution in [2.75, 3.05) is 7.05 Å². The van der Waals surface area contributed by atoms with Crippen molar-refractivity contribution >= 4 is 11.3 Å². The Morgan fingerprint density at radius 2 is 1.90 bits per heavy atom. The van der Waals surface area contributed by atoms with Gasteiger partial charge in [0, 0.05) is 13.1 Å². The van der Waals surface area contributed by atoms with Gasteiger partial charge in [-0.2, -0.15) is 0 Å². The molecule has 0 saturated heterocycles. The first kappa shape index (κ1) is 10.1. The quantitative estimate of drug-likeness (QED) is 0.637. The Labute approximate surface area is 64.8 Å². The molecule has 0 heterocycles. The van der Waals surface area contributed by atoms with Gasteiger partial charge < -0.3 is 0 Å². The molecule has 0 amide bonds. The molecule has 0 spiro atoms. The van der Waals surface area contributed by atoms with Gasteiger partial charge >= 0.3 is 0 Å². The lowest BCUT2D eigenvalue weighted by atomic mass is 10.2. The third-order valence-corrected chi connectivity index (χ3v) is 2.49. The normalized spacial score (nSPS) is 14.6. The van der Waals surface area contributed by atoms with Gasteiger partial charge in [0.2, 0.25) is 11.3 Å². The first-order valence-electron chi connectivity index (χ1n) is 3.47. The van der Waals surface area contributed by atoms with Crippen LogP contribution >= 0.6 is 0 Å². The van der Waals surface area contributed by atoms with Crippen LogP contribution in [0.25, 0.3) is 0 Å². The molecule has 0 radical (unpaired) electrons. The number of hydrogen-bond donors (Lipinski definition) is 1. The fraction of sp³-hybridized carbons (Fsp3) is 1.00. The molecular formula is C6H15NO2S. The minimum absolute atomic E-state index is 0.228. The first-order chi connectivity index (χ1) is 4.63. The van der Waals surface area contributed by atoms with Gasteiger partial charge in [-0.05, 0) is 12.8 Å². The molecule has 0 aromatic heterocycles. The van der Waals surface area contributed by atoms with Crippen molar-refractivity contribution in [2.24, 2.45) is 0 Å². The van der Waals surface area contributed by atoms with Crippen LogP contribution in [0, 0.1) is 0 Å². The molecule has 1 N–H and O–H groups in total. The largest absolute Gasteiger partial charge is 0.294 e. The van der Waals surface area contributed by atoms with Gasteiger partial charge in [-0.1, -0.05) is 13.8 Å². The number of rotatable bonds is 4. The fourth-order valence-electron chi connectivity index (χ4n) is 0.930. The summed E-state index contributed by atoms with van der Waals surface area (Å²) in [5.41, 5.74) is 0. The summed E-state index contributed by atoms with van der Waals surface area (Å²) in [7, 11) is 1.66. The van der Waals surface area contributed by atoms with Crippen molar-refractivity contribution in [1.29, 1.82) is 0 Å². The Bertz CT molecular complexity index is 114. The summed E-state index contributed by atoms with van der Waals surface area (Å²) >= 11 is -1.81. The van der Waals surface area contributed by atoms with Crippen molar-refractivity contribution in [3.05, 3.63) is 0 Å². The second-order valence-corrected chi connectivity index (χ2v) is 3.28. The van der Waals surface area contributed by atoms with E-state index in [1.807, 2.05) is 13.8 Å². The van der Waals surface area contributed by atoms with E-state index in [4.69, 9.17) is 4.55 Å². The lowest BCUT2D eigenvalue weighted by molar-refractivity contribution is 0.341. The predicted octanol–water partition coefficient (Wildman–Crippen LogP) is 1.24. The summed E-state index contributed by atoms with van der Waals surface area (Å²) in [5.74, 6) is 0. The van der Waals surface area contributed by atoms with E-state index >= 15 is 0 Å². The van der Waals surface area contributed by atoms with Crippen LogP contribution in [0.4, 0.5) is 0 Å². The molecule has 3 nitrogen and oxygen atoms in total. The average molecular weight is 165 g/mol. The van der Waals surface area contributed by atoms with Gasteiger partial charge in [0.15, 0.2) is 0 Å². The molecule has 0 aromatic rings. The highest BCUT2D eigenvalue weighted by atomic mass is 32.2. The van der Waals surface area contributed by atoms with E-state index in [1.54, 1.807) is 7.05 Å². The van der Waals surface area contributed by atoms with Crippen molar-refractivity contribution in [3.8, 4) is 0 Å². The molecule has 0 saturated carbocycles. The standard InChI is InChI=1S/C6H15NO2S/c1-4-6(5-2)7(3)10(8)9/h6H,4-5H2,1-3H3,(H,8,9). The highest BCUT2D eigenvalue weighted by Crippen LogP contribution is 2.06. The van der Waals surface area contributed by atoms with Crippen LogP contribution < -0.4 is 0 Å². The Balaban J connectivity index is 3.88. The van der Waals surface area contributed by atoms with Gasteiger partial charge in [0.25, 0.3) is 0 Å². The van der Waals surface area contributed by atoms with Crippen LogP contribution in [-0.2, 0) is 11.3 Å². The van der Waals surface area contributed by atoms with Crippen molar-refractivity contribution in [2.45, 2.75) is 32.7 Å². The SMILES string of the molecule is CCC(CC)N(C)S(=O)O. The number of nitrogens with zero attached hydrogens (tertiary/aromatic N) is 1. The summed E-state index contributed by atoms with van der Waals surface area (Å²) in [4.78, 5) is 0. The second-order valence-electron chi connectivity index (χ2n) is 2.25. The van der Waals surface area contributed by atoms with E-state index in [9.17, 15) is 4.21 Å². The Morgan fingerprint density at radius 1 is 1.50 bits per heavy atom. The van der Waals surface area contributed by atoms with Crippen LogP contribution in [0.5, 0.6) is 0 Å². The van der Waals surface area contributed by atoms with Crippen molar-refractivity contribution in [3.63, 3.8) is 0 Å². The summed E-state index contributed by atoms with van der Waals surface area (Å²) < 4.78 is 20.6. The molecule has 10 heavy (non-hydrogen) atoms. The van der Waals surface area contributed by atoms with Crippen LogP contribution in [-0.4, -0.2) is 26.2 Å². The van der Waals surface area contributed by atoms with E-state index in [0.717, 1.165) is 12.8 Å². The zero-order chi connectivity index (χ0) is 8.15. The van der Waals surface area contributed by atoms with Gasteiger partial charge in [0.05, 0.1) is 0 Å². The molecule has 0 aliphatic rings. The van der Waals surface area contributed by atoms with Crippen LogP contribution in [0.2, 0.25) is 0 Å². The molecule has 62 valence electrons. The van der Waals surface area contributed by atoms with E-state index in [-0.39, 0.29) is 6.04 Å². The average Bonchev–Trinajstić information content (AvgIpc) is 1.90. The highest BCUT2D eigenvalue weighted by Gasteiger charge is 2.13. The maximum absolute atomic E-state index is 10.5. The summed E-state index contributed by atoms with van der Waals surface area (Å²) in [6, 6.07) is 0.228. The predicted molar refractivity (Wildman–Crippen MR) is 42.9 cm³/mol. The topological polar surface area (TPSA) is 40.5 Å². The molecule has 0 aromatic carbocycles. The zero-order valence-corrected chi connectivity index (χ0v) is 7.52. The molecule has 0 aliphatic carbocycles. The van der Waals surface area contributed by atoms with Gasteiger partial charge in [-0.15, -0.1) is 0 Å². The van der Waals surface area contributed by atoms with Gasteiger partial charge in [-0.25, -0.2) is 8.51 Å². The zero-order valence-electron chi connectivity index (χ0n) is 6.70. The van der Waals surface area contributed by atoms with E-state index < -0.39 is 11.3 Å².